The molecule has 30 heavy (non-hydrogen) atoms. The molecule has 1 aliphatic rings. The molecule has 1 aromatic heterocycles. The number of aromatic nitrogens is 1. The fourth-order valence-corrected chi connectivity index (χ4v) is 6.18. The Morgan fingerprint density at radius 2 is 1.73 bits per heavy atom. The van der Waals surface area contributed by atoms with Gasteiger partial charge in [-0.1, -0.05) is 42.1 Å². The van der Waals surface area contributed by atoms with Gasteiger partial charge in [-0.15, -0.1) is 0 Å². The predicted molar refractivity (Wildman–Crippen MR) is 126 cm³/mol. The van der Waals surface area contributed by atoms with Gasteiger partial charge in [-0.2, -0.15) is 0 Å². The molecule has 1 aliphatic heterocycles. The Balaban J connectivity index is 1.86. The molecule has 2 heterocycles. The minimum atomic E-state index is -0.386. The average Bonchev–Trinajstić information content (AvgIpc) is 2.73. The number of rotatable bonds is 2. The molecule has 0 radical (unpaired) electrons. The summed E-state index contributed by atoms with van der Waals surface area (Å²) in [6.07, 6.45) is 2.94. The highest BCUT2D eigenvalue weighted by atomic mass is 32.2. The summed E-state index contributed by atoms with van der Waals surface area (Å²) in [5.74, 6) is 0. The normalized spacial score (nSPS) is 12.8. The van der Waals surface area contributed by atoms with Crippen molar-refractivity contribution in [1.29, 1.82) is 0 Å². The minimum Gasteiger partial charge on any atom is -0.311 e. The molecule has 0 N–H and O–H groups in total. The SMILES string of the molecule is [C-]#[N+]C(C)(C)Cc1cc2c3c([n+](C)ccc3c1)-c1c(c(C)c3ccccc3c1C)S2. The van der Waals surface area contributed by atoms with Crippen molar-refractivity contribution in [2.24, 2.45) is 7.05 Å². The van der Waals surface area contributed by atoms with E-state index in [4.69, 9.17) is 6.57 Å². The highest BCUT2D eigenvalue weighted by Crippen LogP contribution is 2.51. The molecule has 0 saturated carbocycles. The summed E-state index contributed by atoms with van der Waals surface area (Å²) in [5, 5.41) is 5.27. The van der Waals surface area contributed by atoms with E-state index in [1.54, 1.807) is 0 Å². The summed E-state index contributed by atoms with van der Waals surface area (Å²) in [7, 11) is 2.15. The topological polar surface area (TPSA) is 8.24 Å². The molecule has 3 aromatic carbocycles. The number of nitrogens with zero attached hydrogens (tertiary/aromatic N) is 2. The zero-order chi connectivity index (χ0) is 21.2. The maximum absolute atomic E-state index is 7.53. The van der Waals surface area contributed by atoms with Gasteiger partial charge in [0.1, 0.15) is 7.05 Å². The molecule has 0 aliphatic carbocycles. The van der Waals surface area contributed by atoms with Crippen LogP contribution in [0.25, 0.3) is 37.6 Å². The quantitative estimate of drug-likeness (QED) is 0.230. The molecule has 0 amide bonds. The van der Waals surface area contributed by atoms with Crippen molar-refractivity contribution in [1.82, 2.24) is 0 Å². The number of fused-ring (bicyclic) bond motifs is 3. The standard InChI is InChI=1S/C27H25N2S/c1-16-20-9-7-8-10-21(20)17(2)26-23(16)25-24-19(11-12-29(25)6)13-18(14-22(24)30-26)15-27(3,4)28-5/h7-14H,15H2,1-4,6H3/q+1. The molecule has 4 aromatic rings. The molecular weight excluding hydrogens is 384 g/mol. The fraction of sp³-hybridized carbons (Fsp3) is 0.259. The summed E-state index contributed by atoms with van der Waals surface area (Å²) >= 11 is 1.90. The van der Waals surface area contributed by atoms with Gasteiger partial charge in [0, 0.05) is 29.7 Å². The van der Waals surface area contributed by atoms with Crippen LogP contribution in [-0.4, -0.2) is 5.54 Å². The first-order chi connectivity index (χ1) is 14.3. The zero-order valence-electron chi connectivity index (χ0n) is 18.1. The Hall–Kier alpha value is -2.83. The Kier molecular flexibility index (Phi) is 4.21. The molecule has 2 nitrogen and oxygen atoms in total. The predicted octanol–water partition coefficient (Wildman–Crippen LogP) is 6.81. The second kappa shape index (κ2) is 6.59. The van der Waals surface area contributed by atoms with Crippen LogP contribution >= 0.6 is 11.8 Å². The van der Waals surface area contributed by atoms with Crippen molar-refractivity contribution in [2.75, 3.05) is 0 Å². The first-order valence-electron chi connectivity index (χ1n) is 10.3. The third-order valence-electron chi connectivity index (χ3n) is 6.33. The number of hydrogen-bond donors (Lipinski definition) is 0. The Morgan fingerprint density at radius 1 is 1.03 bits per heavy atom. The van der Waals surface area contributed by atoms with E-state index in [2.05, 4.69) is 79.0 Å². The molecule has 0 bridgehead atoms. The molecule has 5 rings (SSSR count). The van der Waals surface area contributed by atoms with Crippen molar-refractivity contribution < 1.29 is 4.57 Å². The van der Waals surface area contributed by atoms with Gasteiger partial charge in [-0.05, 0) is 52.8 Å². The number of aryl methyl sites for hydroxylation is 3. The third-order valence-corrected chi connectivity index (χ3v) is 7.58. The van der Waals surface area contributed by atoms with Gasteiger partial charge < -0.3 is 4.85 Å². The highest BCUT2D eigenvalue weighted by Gasteiger charge is 2.32. The monoisotopic (exact) mass is 409 g/mol. The maximum atomic E-state index is 7.53. The number of hydrogen-bond acceptors (Lipinski definition) is 1. The second-order valence-corrected chi connectivity index (χ2v) is 10.1. The van der Waals surface area contributed by atoms with Crippen molar-refractivity contribution in [3.8, 4) is 11.3 Å². The van der Waals surface area contributed by atoms with E-state index >= 15 is 0 Å². The van der Waals surface area contributed by atoms with Crippen molar-refractivity contribution >= 4 is 33.3 Å². The molecular formula is C27H25N2S+. The Morgan fingerprint density at radius 3 is 2.43 bits per heavy atom. The minimum absolute atomic E-state index is 0.386. The average molecular weight is 410 g/mol. The smallest absolute Gasteiger partial charge is 0.231 e. The van der Waals surface area contributed by atoms with Gasteiger partial charge in [0.2, 0.25) is 11.2 Å². The van der Waals surface area contributed by atoms with E-state index in [-0.39, 0.29) is 5.54 Å². The van der Waals surface area contributed by atoms with Crippen LogP contribution in [0.4, 0.5) is 0 Å². The van der Waals surface area contributed by atoms with Crippen LogP contribution in [-0.2, 0) is 13.5 Å². The summed E-state index contributed by atoms with van der Waals surface area (Å²) in [6, 6.07) is 15.6. The molecule has 3 heteroatoms. The molecule has 148 valence electrons. The van der Waals surface area contributed by atoms with Gasteiger partial charge in [0.15, 0.2) is 6.20 Å². The van der Waals surface area contributed by atoms with Crippen LogP contribution in [0.15, 0.2) is 58.5 Å². The van der Waals surface area contributed by atoms with Crippen LogP contribution < -0.4 is 4.57 Å². The van der Waals surface area contributed by atoms with E-state index in [9.17, 15) is 0 Å². The van der Waals surface area contributed by atoms with Gasteiger partial charge in [-0.25, -0.2) is 11.1 Å². The molecule has 0 fully saturated rings. The zero-order valence-corrected chi connectivity index (χ0v) is 18.9. The van der Waals surface area contributed by atoms with Gasteiger partial charge in [0.25, 0.3) is 0 Å². The van der Waals surface area contributed by atoms with E-state index < -0.39 is 0 Å². The highest BCUT2D eigenvalue weighted by molar-refractivity contribution is 7.99. The second-order valence-electron chi connectivity index (χ2n) is 9.04. The molecule has 0 spiro atoms. The van der Waals surface area contributed by atoms with Crippen LogP contribution in [0.3, 0.4) is 0 Å². The first kappa shape index (κ1) is 19.2. The van der Waals surface area contributed by atoms with Crippen LogP contribution in [0, 0.1) is 20.4 Å². The van der Waals surface area contributed by atoms with Gasteiger partial charge in [0.05, 0.1) is 17.4 Å². The first-order valence-corrected chi connectivity index (χ1v) is 11.2. The summed E-state index contributed by atoms with van der Waals surface area (Å²) in [6.45, 7) is 16.1. The fourth-order valence-electron chi connectivity index (χ4n) is 4.82. The molecule has 0 unspecified atom stereocenters. The lowest BCUT2D eigenvalue weighted by Crippen LogP contribution is -2.32. The van der Waals surface area contributed by atoms with Crippen LogP contribution in [0.5, 0.6) is 0 Å². The van der Waals surface area contributed by atoms with Crippen molar-refractivity contribution in [2.45, 2.75) is 49.4 Å². The lowest BCUT2D eigenvalue weighted by Gasteiger charge is -2.24. The van der Waals surface area contributed by atoms with E-state index in [0.717, 1.165) is 6.42 Å². The maximum Gasteiger partial charge on any atom is 0.231 e. The van der Waals surface area contributed by atoms with Gasteiger partial charge in [-0.3, -0.25) is 0 Å². The lowest BCUT2D eigenvalue weighted by atomic mass is 9.90. The van der Waals surface area contributed by atoms with E-state index in [1.165, 1.54) is 59.3 Å². The Bertz CT molecular complexity index is 1410. The largest absolute Gasteiger partial charge is 0.311 e. The summed E-state index contributed by atoms with van der Waals surface area (Å²) < 4.78 is 2.27. The van der Waals surface area contributed by atoms with Crippen LogP contribution in [0.1, 0.15) is 30.5 Å². The van der Waals surface area contributed by atoms with E-state index in [0.29, 0.717) is 0 Å². The summed E-state index contributed by atoms with van der Waals surface area (Å²) in [4.78, 5) is 6.50. The van der Waals surface area contributed by atoms with Crippen molar-refractivity contribution in [3.05, 3.63) is 76.8 Å². The number of benzene rings is 3. The van der Waals surface area contributed by atoms with Crippen LogP contribution in [0.2, 0.25) is 0 Å². The van der Waals surface area contributed by atoms with Crippen molar-refractivity contribution in [3.63, 3.8) is 0 Å². The van der Waals surface area contributed by atoms with E-state index in [1.807, 2.05) is 25.6 Å². The molecule has 0 saturated heterocycles. The summed E-state index contributed by atoms with van der Waals surface area (Å²) in [5.41, 5.74) is 6.23. The molecule has 0 atom stereocenters. The van der Waals surface area contributed by atoms with Gasteiger partial charge >= 0.3 is 0 Å². The third kappa shape index (κ3) is 2.75. The number of pyridine rings is 1. The Labute approximate surface area is 182 Å². The lowest BCUT2D eigenvalue weighted by molar-refractivity contribution is -0.659.